The first-order valence-electron chi connectivity index (χ1n) is 6.23. The van der Waals surface area contributed by atoms with Crippen molar-refractivity contribution in [1.29, 1.82) is 0 Å². The molecule has 0 saturated carbocycles. The number of rotatable bonds is 2. The highest BCUT2D eigenvalue weighted by Gasteiger charge is 2.06. The number of aryl methyl sites for hydroxylation is 1. The number of nitrogen functional groups attached to an aromatic ring is 1. The number of aromatic nitrogens is 1. The highest BCUT2D eigenvalue weighted by atomic mass is 19.1. The third-order valence-electron chi connectivity index (χ3n) is 3.32. The molecule has 0 spiro atoms. The summed E-state index contributed by atoms with van der Waals surface area (Å²) in [5.41, 5.74) is 9.39. The number of benzene rings is 2. The predicted octanol–water partition coefficient (Wildman–Crippen LogP) is 3.72. The van der Waals surface area contributed by atoms with E-state index in [1.165, 1.54) is 23.1 Å². The molecule has 0 atom stereocenters. The summed E-state index contributed by atoms with van der Waals surface area (Å²) in [6.45, 7) is 2.70. The maximum Gasteiger partial charge on any atom is 0.125 e. The molecule has 0 bridgehead atoms. The van der Waals surface area contributed by atoms with Crippen molar-refractivity contribution in [3.63, 3.8) is 0 Å². The van der Waals surface area contributed by atoms with Crippen molar-refractivity contribution < 1.29 is 4.39 Å². The van der Waals surface area contributed by atoms with Crippen LogP contribution in [0.15, 0.2) is 48.7 Å². The van der Waals surface area contributed by atoms with Crippen LogP contribution in [0.1, 0.15) is 11.1 Å². The standard InChI is InChI=1S/C16H15FN2/c1-11-9-19(16-5-3-2-4-15(11)16)10-12-6-13(17)8-14(18)7-12/h2-9H,10,18H2,1H3. The Morgan fingerprint density at radius 3 is 2.74 bits per heavy atom. The molecule has 3 aromatic rings. The van der Waals surface area contributed by atoms with Crippen LogP contribution >= 0.6 is 0 Å². The van der Waals surface area contributed by atoms with E-state index in [-0.39, 0.29) is 5.82 Å². The Morgan fingerprint density at radius 1 is 1.16 bits per heavy atom. The van der Waals surface area contributed by atoms with E-state index in [4.69, 9.17) is 5.73 Å². The van der Waals surface area contributed by atoms with Gasteiger partial charge in [0.15, 0.2) is 0 Å². The SMILES string of the molecule is Cc1cn(Cc2cc(N)cc(F)c2)c2ccccc12. The van der Waals surface area contributed by atoms with Gasteiger partial charge in [-0.15, -0.1) is 0 Å². The zero-order valence-electron chi connectivity index (χ0n) is 10.7. The number of fused-ring (bicyclic) bond motifs is 1. The van der Waals surface area contributed by atoms with Crippen LogP contribution in [0.4, 0.5) is 10.1 Å². The molecule has 0 fully saturated rings. The smallest absolute Gasteiger partial charge is 0.125 e. The first-order chi connectivity index (χ1) is 9.13. The summed E-state index contributed by atoms with van der Waals surface area (Å²) in [5, 5.41) is 1.23. The van der Waals surface area contributed by atoms with Crippen molar-refractivity contribution in [2.24, 2.45) is 0 Å². The minimum Gasteiger partial charge on any atom is -0.399 e. The van der Waals surface area contributed by atoms with E-state index < -0.39 is 0 Å². The largest absolute Gasteiger partial charge is 0.399 e. The van der Waals surface area contributed by atoms with E-state index in [1.807, 2.05) is 18.2 Å². The van der Waals surface area contributed by atoms with Gasteiger partial charge < -0.3 is 10.3 Å². The minimum absolute atomic E-state index is 0.289. The van der Waals surface area contributed by atoms with E-state index in [2.05, 4.69) is 29.8 Å². The molecule has 0 radical (unpaired) electrons. The van der Waals surface area contributed by atoms with E-state index in [9.17, 15) is 4.39 Å². The number of anilines is 1. The summed E-state index contributed by atoms with van der Waals surface area (Å²) in [6.07, 6.45) is 2.09. The molecule has 0 aliphatic carbocycles. The average Bonchev–Trinajstić information content (AvgIpc) is 2.66. The number of nitrogens with zero attached hydrogens (tertiary/aromatic N) is 1. The highest BCUT2D eigenvalue weighted by Crippen LogP contribution is 2.22. The number of hydrogen-bond acceptors (Lipinski definition) is 1. The van der Waals surface area contributed by atoms with Gasteiger partial charge in [-0.3, -0.25) is 0 Å². The Kier molecular flexibility index (Phi) is 2.75. The first kappa shape index (κ1) is 11.8. The van der Waals surface area contributed by atoms with E-state index in [0.717, 1.165) is 11.1 Å². The van der Waals surface area contributed by atoms with Crippen molar-refractivity contribution in [3.8, 4) is 0 Å². The molecule has 0 amide bonds. The fraction of sp³-hybridized carbons (Fsp3) is 0.125. The summed E-state index contributed by atoms with van der Waals surface area (Å²) in [6, 6.07) is 12.9. The van der Waals surface area contributed by atoms with Crippen LogP contribution < -0.4 is 5.73 Å². The molecule has 19 heavy (non-hydrogen) atoms. The van der Waals surface area contributed by atoms with Gasteiger partial charge in [0, 0.05) is 29.3 Å². The second-order valence-corrected chi connectivity index (χ2v) is 4.85. The summed E-state index contributed by atoms with van der Waals surface area (Å²) >= 11 is 0. The fourth-order valence-corrected chi connectivity index (χ4v) is 2.52. The topological polar surface area (TPSA) is 30.9 Å². The Hall–Kier alpha value is -2.29. The maximum atomic E-state index is 13.4. The molecular weight excluding hydrogens is 239 g/mol. The van der Waals surface area contributed by atoms with Gasteiger partial charge in [-0.25, -0.2) is 4.39 Å². The zero-order valence-corrected chi connectivity index (χ0v) is 10.7. The molecule has 3 rings (SSSR count). The third-order valence-corrected chi connectivity index (χ3v) is 3.32. The molecule has 2 N–H and O–H groups in total. The van der Waals surface area contributed by atoms with E-state index in [0.29, 0.717) is 12.2 Å². The third kappa shape index (κ3) is 2.19. The second-order valence-electron chi connectivity index (χ2n) is 4.85. The monoisotopic (exact) mass is 254 g/mol. The van der Waals surface area contributed by atoms with Gasteiger partial charge in [-0.2, -0.15) is 0 Å². The molecule has 1 aromatic heterocycles. The number of nitrogens with two attached hydrogens (primary N) is 1. The van der Waals surface area contributed by atoms with E-state index >= 15 is 0 Å². The summed E-state index contributed by atoms with van der Waals surface area (Å²) in [7, 11) is 0. The summed E-state index contributed by atoms with van der Waals surface area (Å²) in [5.74, 6) is -0.289. The maximum absolute atomic E-state index is 13.4. The summed E-state index contributed by atoms with van der Waals surface area (Å²) < 4.78 is 15.5. The van der Waals surface area contributed by atoms with Crippen LogP contribution in [0.3, 0.4) is 0 Å². The molecule has 2 nitrogen and oxygen atoms in total. The van der Waals surface area contributed by atoms with Crippen molar-refractivity contribution in [3.05, 3.63) is 65.6 Å². The van der Waals surface area contributed by atoms with Crippen LogP contribution in [0.2, 0.25) is 0 Å². The number of halogens is 1. The molecule has 0 unspecified atom stereocenters. The van der Waals surface area contributed by atoms with Crippen LogP contribution in [0, 0.1) is 12.7 Å². The van der Waals surface area contributed by atoms with Crippen molar-refractivity contribution in [2.45, 2.75) is 13.5 Å². The van der Waals surface area contributed by atoms with Crippen molar-refractivity contribution >= 4 is 16.6 Å². The molecule has 3 heteroatoms. The van der Waals surface area contributed by atoms with Crippen LogP contribution in [0.25, 0.3) is 10.9 Å². The second kappa shape index (κ2) is 4.43. The Bertz CT molecular complexity index is 723. The molecule has 1 heterocycles. The predicted molar refractivity (Wildman–Crippen MR) is 76.6 cm³/mol. The number of hydrogen-bond donors (Lipinski definition) is 1. The number of para-hydroxylation sites is 1. The molecular formula is C16H15FN2. The van der Waals surface area contributed by atoms with Gasteiger partial charge in [-0.1, -0.05) is 18.2 Å². The van der Waals surface area contributed by atoms with Crippen LogP contribution in [-0.4, -0.2) is 4.57 Å². The van der Waals surface area contributed by atoms with Gasteiger partial charge in [0.05, 0.1) is 0 Å². The van der Waals surface area contributed by atoms with E-state index in [1.54, 1.807) is 0 Å². The van der Waals surface area contributed by atoms with Crippen LogP contribution in [-0.2, 0) is 6.54 Å². The summed E-state index contributed by atoms with van der Waals surface area (Å²) in [4.78, 5) is 0. The fourth-order valence-electron chi connectivity index (χ4n) is 2.52. The van der Waals surface area contributed by atoms with Gasteiger partial charge in [0.1, 0.15) is 5.82 Å². The Labute approximate surface area is 111 Å². The quantitative estimate of drug-likeness (QED) is 0.694. The molecule has 96 valence electrons. The Morgan fingerprint density at radius 2 is 1.95 bits per heavy atom. The van der Waals surface area contributed by atoms with Gasteiger partial charge in [0.25, 0.3) is 0 Å². The van der Waals surface area contributed by atoms with Gasteiger partial charge in [0.2, 0.25) is 0 Å². The van der Waals surface area contributed by atoms with Crippen molar-refractivity contribution in [2.75, 3.05) is 5.73 Å². The molecule has 0 saturated heterocycles. The zero-order chi connectivity index (χ0) is 13.4. The Balaban J connectivity index is 2.06. The van der Waals surface area contributed by atoms with Crippen LogP contribution in [0.5, 0.6) is 0 Å². The lowest BCUT2D eigenvalue weighted by Crippen LogP contribution is -1.99. The molecule has 0 aliphatic rings. The molecule has 2 aromatic carbocycles. The lowest BCUT2D eigenvalue weighted by Gasteiger charge is -2.07. The average molecular weight is 254 g/mol. The first-order valence-corrected chi connectivity index (χ1v) is 6.23. The lowest BCUT2D eigenvalue weighted by atomic mass is 10.2. The molecule has 0 aliphatic heterocycles. The minimum atomic E-state index is -0.289. The van der Waals surface area contributed by atoms with Crippen molar-refractivity contribution in [1.82, 2.24) is 4.57 Å². The van der Waals surface area contributed by atoms with Gasteiger partial charge >= 0.3 is 0 Å². The lowest BCUT2D eigenvalue weighted by molar-refractivity contribution is 0.625. The highest BCUT2D eigenvalue weighted by molar-refractivity contribution is 5.83. The normalized spacial score (nSPS) is 11.1. The van der Waals surface area contributed by atoms with Gasteiger partial charge in [-0.05, 0) is 42.3 Å².